The van der Waals surface area contributed by atoms with Gasteiger partial charge in [0.25, 0.3) is 0 Å². The molecule has 7 heteroatoms. The van der Waals surface area contributed by atoms with Crippen LogP contribution in [-0.4, -0.2) is 17.2 Å². The molecule has 0 aliphatic heterocycles. The first kappa shape index (κ1) is 14.8. The highest BCUT2D eigenvalue weighted by molar-refractivity contribution is 6.58. The second kappa shape index (κ2) is 6.22. The number of hydrogen-bond acceptors (Lipinski definition) is 3. The average Bonchev–Trinajstić information content (AvgIpc) is 2.37. The maximum absolute atomic E-state index is 13.5. The zero-order valence-electron chi connectivity index (χ0n) is 10.2. The van der Waals surface area contributed by atoms with Gasteiger partial charge in [0.1, 0.15) is 24.0 Å². The number of halogens is 3. The van der Waals surface area contributed by atoms with Crippen LogP contribution in [0.25, 0.3) is 0 Å². The van der Waals surface area contributed by atoms with Crippen molar-refractivity contribution in [1.29, 1.82) is 0 Å². The Balaban J connectivity index is 2.09. The van der Waals surface area contributed by atoms with Gasteiger partial charge in [-0.05, 0) is 18.2 Å². The molecule has 2 rings (SSSR count). The van der Waals surface area contributed by atoms with Crippen molar-refractivity contribution in [2.24, 2.45) is 0 Å². The van der Waals surface area contributed by atoms with Gasteiger partial charge in [-0.3, -0.25) is 0 Å². The van der Waals surface area contributed by atoms with Crippen LogP contribution in [0.15, 0.2) is 36.4 Å². The molecular formula is C13H10BClF2O3. The summed E-state index contributed by atoms with van der Waals surface area (Å²) in [5.41, 5.74) is 0.317. The Kier molecular flexibility index (Phi) is 4.59. The molecule has 0 aliphatic carbocycles. The molecule has 0 aromatic heterocycles. The van der Waals surface area contributed by atoms with Crippen molar-refractivity contribution in [1.82, 2.24) is 0 Å². The minimum absolute atomic E-state index is 0.0412. The predicted molar refractivity (Wildman–Crippen MR) is 72.0 cm³/mol. The first-order valence-electron chi connectivity index (χ1n) is 5.69. The van der Waals surface area contributed by atoms with Gasteiger partial charge in [-0.25, -0.2) is 8.78 Å². The minimum atomic E-state index is -1.88. The normalized spacial score (nSPS) is 10.4. The maximum atomic E-state index is 13.5. The molecule has 0 fully saturated rings. The quantitative estimate of drug-likeness (QED) is 0.847. The number of rotatable bonds is 4. The summed E-state index contributed by atoms with van der Waals surface area (Å²) in [5.74, 6) is -1.04. The summed E-state index contributed by atoms with van der Waals surface area (Å²) in [5, 5.41) is 18.0. The Morgan fingerprint density at radius 2 is 1.85 bits per heavy atom. The summed E-state index contributed by atoms with van der Waals surface area (Å²) in [6.07, 6.45) is 0. The zero-order valence-corrected chi connectivity index (χ0v) is 10.9. The Morgan fingerprint density at radius 3 is 2.45 bits per heavy atom. The third kappa shape index (κ3) is 3.48. The Labute approximate surface area is 119 Å². The van der Waals surface area contributed by atoms with Crippen LogP contribution in [-0.2, 0) is 6.61 Å². The lowest BCUT2D eigenvalue weighted by Gasteiger charge is -2.09. The highest BCUT2D eigenvalue weighted by atomic mass is 35.5. The second-order valence-corrected chi connectivity index (χ2v) is 4.49. The molecule has 3 nitrogen and oxygen atoms in total. The van der Waals surface area contributed by atoms with Crippen molar-refractivity contribution < 1.29 is 23.6 Å². The maximum Gasteiger partial charge on any atom is 0.491 e. The smallest absolute Gasteiger partial charge is 0.489 e. The van der Waals surface area contributed by atoms with Crippen LogP contribution >= 0.6 is 11.6 Å². The summed E-state index contributed by atoms with van der Waals surface area (Å²) in [6, 6.07) is 7.52. The van der Waals surface area contributed by atoms with Gasteiger partial charge in [0.2, 0.25) is 0 Å². The van der Waals surface area contributed by atoms with Crippen molar-refractivity contribution in [2.75, 3.05) is 0 Å². The lowest BCUT2D eigenvalue weighted by Crippen LogP contribution is -2.32. The van der Waals surface area contributed by atoms with Crippen molar-refractivity contribution in [3.8, 4) is 5.75 Å². The van der Waals surface area contributed by atoms with Crippen molar-refractivity contribution in [3.63, 3.8) is 0 Å². The van der Waals surface area contributed by atoms with Gasteiger partial charge in [-0.15, -0.1) is 0 Å². The van der Waals surface area contributed by atoms with Crippen molar-refractivity contribution in [2.45, 2.75) is 6.61 Å². The predicted octanol–water partition coefficient (Wildman–Crippen LogP) is 1.88. The summed E-state index contributed by atoms with van der Waals surface area (Å²) >= 11 is 5.83. The highest BCUT2D eigenvalue weighted by Gasteiger charge is 2.16. The van der Waals surface area contributed by atoms with E-state index in [1.54, 1.807) is 0 Å². The Morgan fingerprint density at radius 1 is 1.10 bits per heavy atom. The molecule has 2 aromatic carbocycles. The molecular weight excluding hydrogens is 288 g/mol. The van der Waals surface area contributed by atoms with Gasteiger partial charge in [-0.2, -0.15) is 0 Å². The molecule has 0 saturated heterocycles. The van der Waals surface area contributed by atoms with E-state index >= 15 is 0 Å². The van der Waals surface area contributed by atoms with Crippen molar-refractivity contribution >= 4 is 24.2 Å². The van der Waals surface area contributed by atoms with E-state index in [9.17, 15) is 8.78 Å². The van der Waals surface area contributed by atoms with Gasteiger partial charge >= 0.3 is 7.12 Å². The third-order valence-corrected chi connectivity index (χ3v) is 3.01. The fourth-order valence-electron chi connectivity index (χ4n) is 1.61. The summed E-state index contributed by atoms with van der Waals surface area (Å²) in [6.45, 7) is 0.0412. The lowest BCUT2D eigenvalue weighted by atomic mass is 9.80. The molecule has 0 amide bonds. The standard InChI is InChI=1S/C13H10BClF2O3/c15-12-5-9(16)2-1-8(12)7-20-10-3-4-11(14(18)19)13(17)6-10/h1-6,18-19H,7H2. The lowest BCUT2D eigenvalue weighted by molar-refractivity contribution is 0.304. The summed E-state index contributed by atoms with van der Waals surface area (Å²) in [7, 11) is -1.88. The van der Waals surface area contributed by atoms with E-state index in [-0.39, 0.29) is 22.8 Å². The third-order valence-electron chi connectivity index (χ3n) is 2.66. The van der Waals surface area contributed by atoms with Gasteiger partial charge in [0.15, 0.2) is 0 Å². The van der Waals surface area contributed by atoms with E-state index in [2.05, 4.69) is 0 Å². The van der Waals surface area contributed by atoms with E-state index in [1.165, 1.54) is 24.3 Å². The number of benzene rings is 2. The van der Waals surface area contributed by atoms with E-state index in [0.717, 1.165) is 12.1 Å². The van der Waals surface area contributed by atoms with Gasteiger partial charge in [0, 0.05) is 17.1 Å². The zero-order chi connectivity index (χ0) is 14.7. The average molecular weight is 298 g/mol. The SMILES string of the molecule is OB(O)c1ccc(OCc2ccc(F)cc2Cl)cc1F. The van der Waals surface area contributed by atoms with Crippen LogP contribution in [0.4, 0.5) is 8.78 Å². The Bertz CT molecular complexity index is 623. The second-order valence-electron chi connectivity index (χ2n) is 4.08. The monoisotopic (exact) mass is 298 g/mol. The van der Waals surface area contributed by atoms with E-state index in [4.69, 9.17) is 26.4 Å². The fraction of sp³-hybridized carbons (Fsp3) is 0.0769. The largest absolute Gasteiger partial charge is 0.491 e. The van der Waals surface area contributed by atoms with Crippen LogP contribution in [0.2, 0.25) is 5.02 Å². The highest BCUT2D eigenvalue weighted by Crippen LogP contribution is 2.20. The van der Waals surface area contributed by atoms with Gasteiger partial charge in [0.05, 0.1) is 5.02 Å². The van der Waals surface area contributed by atoms with E-state index in [1.807, 2.05) is 0 Å². The topological polar surface area (TPSA) is 49.7 Å². The first-order chi connectivity index (χ1) is 9.47. The summed E-state index contributed by atoms with van der Waals surface area (Å²) < 4.78 is 31.7. The van der Waals surface area contributed by atoms with Crippen LogP contribution in [0, 0.1) is 11.6 Å². The number of ether oxygens (including phenoxy) is 1. The van der Waals surface area contributed by atoms with Crippen LogP contribution in [0.5, 0.6) is 5.75 Å². The first-order valence-corrected chi connectivity index (χ1v) is 6.07. The van der Waals surface area contributed by atoms with Gasteiger partial charge in [-0.1, -0.05) is 23.7 Å². The van der Waals surface area contributed by atoms with Crippen LogP contribution < -0.4 is 10.2 Å². The molecule has 0 heterocycles. The molecule has 0 bridgehead atoms. The molecule has 0 radical (unpaired) electrons. The molecule has 0 saturated carbocycles. The molecule has 0 spiro atoms. The summed E-state index contributed by atoms with van der Waals surface area (Å²) in [4.78, 5) is 0. The fourth-order valence-corrected chi connectivity index (χ4v) is 1.83. The molecule has 20 heavy (non-hydrogen) atoms. The van der Waals surface area contributed by atoms with Crippen molar-refractivity contribution in [3.05, 3.63) is 58.6 Å². The van der Waals surface area contributed by atoms with Crippen LogP contribution in [0.3, 0.4) is 0 Å². The van der Waals surface area contributed by atoms with Gasteiger partial charge < -0.3 is 14.8 Å². The van der Waals surface area contributed by atoms with Crippen LogP contribution in [0.1, 0.15) is 5.56 Å². The molecule has 2 aromatic rings. The molecule has 2 N–H and O–H groups in total. The molecule has 104 valence electrons. The Hall–Kier alpha value is -1.63. The molecule has 0 atom stereocenters. The number of hydrogen-bond donors (Lipinski definition) is 2. The van der Waals surface area contributed by atoms with E-state index in [0.29, 0.717) is 5.56 Å². The van der Waals surface area contributed by atoms with E-state index < -0.39 is 18.8 Å². The minimum Gasteiger partial charge on any atom is -0.489 e. The molecule has 0 aliphatic rings. The molecule has 0 unspecified atom stereocenters.